The van der Waals surface area contributed by atoms with Crippen molar-refractivity contribution >= 4 is 5.82 Å². The van der Waals surface area contributed by atoms with Gasteiger partial charge >= 0.3 is 0 Å². The van der Waals surface area contributed by atoms with Crippen molar-refractivity contribution in [2.75, 3.05) is 11.9 Å². The van der Waals surface area contributed by atoms with Crippen LogP contribution in [0.25, 0.3) is 0 Å². The van der Waals surface area contributed by atoms with Crippen molar-refractivity contribution in [3.8, 4) is 0 Å². The molecule has 1 N–H and O–H groups in total. The molecule has 0 aliphatic heterocycles. The second-order valence-corrected chi connectivity index (χ2v) is 4.35. The lowest BCUT2D eigenvalue weighted by Gasteiger charge is -2.08. The van der Waals surface area contributed by atoms with Gasteiger partial charge in [-0.3, -0.25) is 0 Å². The van der Waals surface area contributed by atoms with Crippen molar-refractivity contribution in [2.45, 2.75) is 26.7 Å². The first kappa shape index (κ1) is 13.5. The molecule has 0 atom stereocenters. The predicted molar refractivity (Wildman–Crippen MR) is 74.8 cm³/mol. The summed E-state index contributed by atoms with van der Waals surface area (Å²) in [5.74, 6) is 1.40. The second kappa shape index (κ2) is 6.27. The maximum absolute atomic E-state index is 12.9. The Morgan fingerprint density at radius 3 is 2.47 bits per heavy atom. The van der Waals surface area contributed by atoms with Gasteiger partial charge in [-0.15, -0.1) is 0 Å². The van der Waals surface area contributed by atoms with E-state index >= 15 is 0 Å². The molecule has 1 aromatic carbocycles. The summed E-state index contributed by atoms with van der Waals surface area (Å²) >= 11 is 0. The number of anilines is 1. The van der Waals surface area contributed by atoms with Crippen LogP contribution >= 0.6 is 0 Å². The third kappa shape index (κ3) is 3.74. The average molecular weight is 259 g/mol. The molecule has 2 rings (SSSR count). The summed E-state index contributed by atoms with van der Waals surface area (Å²) < 4.78 is 12.9. The molecule has 0 saturated carbocycles. The van der Waals surface area contributed by atoms with Gasteiger partial charge in [0, 0.05) is 24.7 Å². The molecule has 0 aliphatic rings. The molecular formula is C15H18FN3. The van der Waals surface area contributed by atoms with E-state index < -0.39 is 0 Å². The fourth-order valence-corrected chi connectivity index (χ4v) is 1.87. The van der Waals surface area contributed by atoms with Crippen LogP contribution in [0.1, 0.15) is 30.9 Å². The lowest BCUT2D eigenvalue weighted by atomic mass is 10.1. The van der Waals surface area contributed by atoms with E-state index in [4.69, 9.17) is 0 Å². The minimum atomic E-state index is -0.222. The number of aromatic nitrogens is 2. The third-order valence-corrected chi connectivity index (χ3v) is 2.82. The molecule has 0 amide bonds. The molecular weight excluding hydrogens is 241 g/mol. The zero-order chi connectivity index (χ0) is 13.7. The smallest absolute Gasteiger partial charge is 0.135 e. The maximum atomic E-state index is 12.9. The van der Waals surface area contributed by atoms with Crippen LogP contribution < -0.4 is 5.32 Å². The average Bonchev–Trinajstić information content (AvgIpc) is 2.41. The molecule has 3 nitrogen and oxygen atoms in total. The molecule has 1 aromatic heterocycles. The van der Waals surface area contributed by atoms with Crippen LogP contribution in [0.15, 0.2) is 30.3 Å². The number of aryl methyl sites for hydroxylation is 1. The zero-order valence-corrected chi connectivity index (χ0v) is 11.3. The Bertz CT molecular complexity index is 538. The molecule has 0 aliphatic carbocycles. The third-order valence-electron chi connectivity index (χ3n) is 2.82. The summed E-state index contributed by atoms with van der Waals surface area (Å²) in [5, 5.41) is 3.21. The molecule has 0 radical (unpaired) electrons. The SMILES string of the molecule is CCNc1cc(CC)nc(Cc2ccc(F)cc2)n1. The summed E-state index contributed by atoms with van der Waals surface area (Å²) in [6.07, 6.45) is 1.49. The van der Waals surface area contributed by atoms with Crippen molar-refractivity contribution < 1.29 is 4.39 Å². The molecule has 1 heterocycles. The minimum Gasteiger partial charge on any atom is -0.370 e. The Kier molecular flexibility index (Phi) is 4.44. The lowest BCUT2D eigenvalue weighted by molar-refractivity contribution is 0.627. The van der Waals surface area contributed by atoms with Crippen molar-refractivity contribution in [3.63, 3.8) is 0 Å². The minimum absolute atomic E-state index is 0.222. The normalized spacial score (nSPS) is 10.5. The van der Waals surface area contributed by atoms with Gasteiger partial charge < -0.3 is 5.32 Å². The highest BCUT2D eigenvalue weighted by Crippen LogP contribution is 2.12. The van der Waals surface area contributed by atoms with Gasteiger partial charge in [-0.25, -0.2) is 14.4 Å². The monoisotopic (exact) mass is 259 g/mol. The highest BCUT2D eigenvalue weighted by molar-refractivity contribution is 5.36. The molecule has 0 bridgehead atoms. The first-order chi connectivity index (χ1) is 9.21. The summed E-state index contributed by atoms with van der Waals surface area (Å²) in [7, 11) is 0. The van der Waals surface area contributed by atoms with E-state index in [-0.39, 0.29) is 5.82 Å². The number of benzene rings is 1. The molecule has 19 heavy (non-hydrogen) atoms. The van der Waals surface area contributed by atoms with E-state index in [0.29, 0.717) is 6.42 Å². The quantitative estimate of drug-likeness (QED) is 0.896. The van der Waals surface area contributed by atoms with Crippen molar-refractivity contribution in [2.24, 2.45) is 0 Å². The number of halogens is 1. The van der Waals surface area contributed by atoms with Crippen LogP contribution in [-0.4, -0.2) is 16.5 Å². The standard InChI is InChI=1S/C15H18FN3/c1-3-13-10-14(17-4-2)19-15(18-13)9-11-5-7-12(16)8-6-11/h5-8,10H,3-4,9H2,1-2H3,(H,17,18,19). The largest absolute Gasteiger partial charge is 0.370 e. The maximum Gasteiger partial charge on any atom is 0.135 e. The van der Waals surface area contributed by atoms with Gasteiger partial charge in [0.15, 0.2) is 0 Å². The number of rotatable bonds is 5. The number of nitrogens with zero attached hydrogens (tertiary/aromatic N) is 2. The van der Waals surface area contributed by atoms with Gasteiger partial charge in [0.25, 0.3) is 0 Å². The Balaban J connectivity index is 2.23. The Hall–Kier alpha value is -1.97. The van der Waals surface area contributed by atoms with E-state index in [2.05, 4.69) is 22.2 Å². The van der Waals surface area contributed by atoms with Crippen LogP contribution in [-0.2, 0) is 12.8 Å². The van der Waals surface area contributed by atoms with Gasteiger partial charge in [0.05, 0.1) is 0 Å². The van der Waals surface area contributed by atoms with Crippen molar-refractivity contribution in [3.05, 3.63) is 53.2 Å². The van der Waals surface area contributed by atoms with E-state index in [1.54, 1.807) is 12.1 Å². The van der Waals surface area contributed by atoms with E-state index in [0.717, 1.165) is 35.9 Å². The highest BCUT2D eigenvalue weighted by Gasteiger charge is 2.05. The number of nitrogens with one attached hydrogen (secondary N) is 1. The van der Waals surface area contributed by atoms with E-state index in [9.17, 15) is 4.39 Å². The van der Waals surface area contributed by atoms with Crippen LogP contribution in [0, 0.1) is 5.82 Å². The van der Waals surface area contributed by atoms with Gasteiger partial charge in [0.1, 0.15) is 17.5 Å². The molecule has 0 fully saturated rings. The number of hydrogen-bond donors (Lipinski definition) is 1. The Morgan fingerprint density at radius 1 is 1.11 bits per heavy atom. The molecule has 4 heteroatoms. The van der Waals surface area contributed by atoms with Gasteiger partial charge in [-0.1, -0.05) is 19.1 Å². The first-order valence-electron chi connectivity index (χ1n) is 6.56. The first-order valence-corrected chi connectivity index (χ1v) is 6.56. The summed E-state index contributed by atoms with van der Waals surface area (Å²) in [4.78, 5) is 8.98. The summed E-state index contributed by atoms with van der Waals surface area (Å²) in [5.41, 5.74) is 2.03. The van der Waals surface area contributed by atoms with E-state index in [1.165, 1.54) is 12.1 Å². The van der Waals surface area contributed by atoms with Gasteiger partial charge in [-0.2, -0.15) is 0 Å². The van der Waals surface area contributed by atoms with Gasteiger partial charge in [0.2, 0.25) is 0 Å². The van der Waals surface area contributed by atoms with Crippen molar-refractivity contribution in [1.82, 2.24) is 9.97 Å². The molecule has 100 valence electrons. The van der Waals surface area contributed by atoms with Crippen LogP contribution in [0.3, 0.4) is 0 Å². The highest BCUT2D eigenvalue weighted by atomic mass is 19.1. The molecule has 0 saturated heterocycles. The fourth-order valence-electron chi connectivity index (χ4n) is 1.87. The second-order valence-electron chi connectivity index (χ2n) is 4.35. The Labute approximate surface area is 112 Å². The fraction of sp³-hybridized carbons (Fsp3) is 0.333. The summed E-state index contributed by atoms with van der Waals surface area (Å²) in [6.45, 7) is 4.93. The van der Waals surface area contributed by atoms with Crippen LogP contribution in [0.2, 0.25) is 0 Å². The Morgan fingerprint density at radius 2 is 1.84 bits per heavy atom. The molecule has 0 spiro atoms. The summed E-state index contributed by atoms with van der Waals surface area (Å²) in [6, 6.07) is 8.43. The van der Waals surface area contributed by atoms with Crippen LogP contribution in [0.5, 0.6) is 0 Å². The molecule has 2 aromatic rings. The van der Waals surface area contributed by atoms with Crippen molar-refractivity contribution in [1.29, 1.82) is 0 Å². The zero-order valence-electron chi connectivity index (χ0n) is 11.3. The topological polar surface area (TPSA) is 37.8 Å². The van der Waals surface area contributed by atoms with Gasteiger partial charge in [-0.05, 0) is 31.0 Å². The lowest BCUT2D eigenvalue weighted by Crippen LogP contribution is -2.06. The molecule has 0 unspecified atom stereocenters. The number of hydrogen-bond acceptors (Lipinski definition) is 3. The van der Waals surface area contributed by atoms with Crippen LogP contribution in [0.4, 0.5) is 10.2 Å². The predicted octanol–water partition coefficient (Wildman–Crippen LogP) is 3.20. The van der Waals surface area contributed by atoms with E-state index in [1.807, 2.05) is 13.0 Å².